The molecule has 4 rings (SSSR count). The van der Waals surface area contributed by atoms with Crippen LogP contribution in [0.5, 0.6) is 0 Å². The molecule has 2 fully saturated rings. The second-order valence-corrected chi connectivity index (χ2v) is 7.88. The van der Waals surface area contributed by atoms with Crippen LogP contribution in [0.1, 0.15) is 24.8 Å². The normalized spacial score (nSPS) is 31.3. The minimum Gasteiger partial charge on any atom is -0.338 e. The Balaban J connectivity index is 1.63. The van der Waals surface area contributed by atoms with Gasteiger partial charge in [-0.2, -0.15) is 0 Å². The van der Waals surface area contributed by atoms with Crippen molar-refractivity contribution in [3.63, 3.8) is 0 Å². The standard InChI is InChI=1S/C17H18Cl2FN3O2/c18-11-6-10-13(7-12(11)19)22-14(24)16(10)3-5-23(9-16)15(25)17(20)2-1-4-21-8-17/h6-7,21H,1-5,8-9H2,(H,22,24)/t16-,17-/m1/s1. The zero-order valence-corrected chi connectivity index (χ0v) is 15.0. The Labute approximate surface area is 154 Å². The van der Waals surface area contributed by atoms with Crippen LogP contribution in [0.15, 0.2) is 12.1 Å². The minimum atomic E-state index is -1.89. The number of anilines is 1. The molecule has 3 heterocycles. The molecule has 1 aromatic rings. The van der Waals surface area contributed by atoms with E-state index in [1.165, 1.54) is 4.90 Å². The maximum atomic E-state index is 15.0. The Hall–Kier alpha value is -1.37. The third kappa shape index (κ3) is 2.54. The van der Waals surface area contributed by atoms with Crippen molar-refractivity contribution in [3.05, 3.63) is 27.7 Å². The second kappa shape index (κ2) is 5.83. The summed E-state index contributed by atoms with van der Waals surface area (Å²) < 4.78 is 15.0. The molecule has 2 N–H and O–H groups in total. The lowest BCUT2D eigenvalue weighted by Crippen LogP contribution is -2.54. The highest BCUT2D eigenvalue weighted by atomic mass is 35.5. The maximum Gasteiger partial charge on any atom is 0.261 e. The Morgan fingerprint density at radius 1 is 1.24 bits per heavy atom. The van der Waals surface area contributed by atoms with Crippen LogP contribution in [-0.2, 0) is 15.0 Å². The Bertz CT molecular complexity index is 767. The van der Waals surface area contributed by atoms with E-state index >= 15 is 4.39 Å². The molecular formula is C17H18Cl2FN3O2. The van der Waals surface area contributed by atoms with Gasteiger partial charge in [-0.05, 0) is 43.5 Å². The van der Waals surface area contributed by atoms with E-state index in [9.17, 15) is 9.59 Å². The molecule has 0 unspecified atom stereocenters. The summed E-state index contributed by atoms with van der Waals surface area (Å²) in [6.07, 6.45) is 1.28. The number of carbonyl (C=O) groups excluding carboxylic acids is 2. The fraction of sp³-hybridized carbons (Fsp3) is 0.529. The van der Waals surface area contributed by atoms with Crippen molar-refractivity contribution in [2.45, 2.75) is 30.3 Å². The monoisotopic (exact) mass is 385 g/mol. The van der Waals surface area contributed by atoms with Crippen molar-refractivity contribution in [2.75, 3.05) is 31.5 Å². The average Bonchev–Trinajstić information content (AvgIpc) is 3.13. The number of halogens is 3. The number of nitrogens with one attached hydrogen (secondary N) is 2. The molecule has 1 spiro atoms. The average molecular weight is 386 g/mol. The zero-order chi connectivity index (χ0) is 17.8. The largest absolute Gasteiger partial charge is 0.338 e. The first-order valence-electron chi connectivity index (χ1n) is 8.36. The summed E-state index contributed by atoms with van der Waals surface area (Å²) in [5, 5.41) is 6.49. The number of hydrogen-bond donors (Lipinski definition) is 2. The highest BCUT2D eigenvalue weighted by molar-refractivity contribution is 6.42. The van der Waals surface area contributed by atoms with E-state index in [1.54, 1.807) is 12.1 Å². The number of amides is 2. The topological polar surface area (TPSA) is 61.4 Å². The molecule has 0 radical (unpaired) electrons. The number of fused-ring (bicyclic) bond motifs is 2. The number of rotatable bonds is 1. The fourth-order valence-electron chi connectivity index (χ4n) is 4.13. The summed E-state index contributed by atoms with van der Waals surface area (Å²) in [7, 11) is 0. The van der Waals surface area contributed by atoms with E-state index in [1.807, 2.05) is 0 Å². The van der Waals surface area contributed by atoms with E-state index < -0.39 is 17.0 Å². The lowest BCUT2D eigenvalue weighted by Gasteiger charge is -2.33. The fourth-order valence-corrected chi connectivity index (χ4v) is 4.46. The summed E-state index contributed by atoms with van der Waals surface area (Å²) in [5.74, 6) is -0.719. The van der Waals surface area contributed by atoms with Gasteiger partial charge in [0.15, 0.2) is 0 Å². The van der Waals surface area contributed by atoms with Crippen LogP contribution in [0.4, 0.5) is 10.1 Å². The molecule has 134 valence electrons. The first-order valence-corrected chi connectivity index (χ1v) is 9.11. The SMILES string of the molecule is O=C(N1CC[C@]2(C1)C(=O)Nc1cc(Cl)c(Cl)cc12)[C@@]1(F)CCCNC1. The molecule has 3 aliphatic heterocycles. The molecule has 0 aliphatic carbocycles. The second-order valence-electron chi connectivity index (χ2n) is 7.07. The molecule has 3 aliphatic rings. The van der Waals surface area contributed by atoms with Gasteiger partial charge in [0.05, 0.1) is 15.5 Å². The van der Waals surface area contributed by atoms with Crippen LogP contribution in [0.2, 0.25) is 10.0 Å². The first kappa shape index (κ1) is 17.1. The van der Waals surface area contributed by atoms with E-state index in [4.69, 9.17) is 23.2 Å². The number of likely N-dealkylation sites (tertiary alicyclic amines) is 1. The minimum absolute atomic E-state index is 0.0273. The van der Waals surface area contributed by atoms with Gasteiger partial charge in [0.25, 0.3) is 5.91 Å². The Morgan fingerprint density at radius 2 is 2.00 bits per heavy atom. The van der Waals surface area contributed by atoms with E-state index in [-0.39, 0.29) is 25.4 Å². The van der Waals surface area contributed by atoms with Crippen molar-refractivity contribution in [1.29, 1.82) is 0 Å². The van der Waals surface area contributed by atoms with Crippen LogP contribution >= 0.6 is 23.2 Å². The number of carbonyl (C=O) groups is 2. The highest BCUT2D eigenvalue weighted by Crippen LogP contribution is 2.47. The molecule has 8 heteroatoms. The lowest BCUT2D eigenvalue weighted by molar-refractivity contribution is -0.144. The van der Waals surface area contributed by atoms with Gasteiger partial charge in [-0.25, -0.2) is 4.39 Å². The van der Waals surface area contributed by atoms with Gasteiger partial charge in [0.1, 0.15) is 0 Å². The molecule has 0 aromatic heterocycles. The van der Waals surface area contributed by atoms with Gasteiger partial charge in [-0.3, -0.25) is 9.59 Å². The number of alkyl halides is 1. The molecule has 25 heavy (non-hydrogen) atoms. The summed E-state index contributed by atoms with van der Waals surface area (Å²) in [4.78, 5) is 26.9. The molecule has 0 saturated carbocycles. The molecule has 0 bridgehead atoms. The summed E-state index contributed by atoms with van der Waals surface area (Å²) in [5.41, 5.74) is -1.42. The predicted molar refractivity (Wildman–Crippen MR) is 93.9 cm³/mol. The van der Waals surface area contributed by atoms with Gasteiger partial charge < -0.3 is 15.5 Å². The maximum absolute atomic E-state index is 15.0. The molecular weight excluding hydrogens is 368 g/mol. The quantitative estimate of drug-likeness (QED) is 0.780. The summed E-state index contributed by atoms with van der Waals surface area (Å²) >= 11 is 12.2. The highest BCUT2D eigenvalue weighted by Gasteiger charge is 2.55. The number of hydrogen-bond acceptors (Lipinski definition) is 3. The Morgan fingerprint density at radius 3 is 2.72 bits per heavy atom. The van der Waals surface area contributed by atoms with Crippen LogP contribution in [0.25, 0.3) is 0 Å². The zero-order valence-electron chi connectivity index (χ0n) is 13.5. The van der Waals surface area contributed by atoms with E-state index in [0.29, 0.717) is 35.1 Å². The van der Waals surface area contributed by atoms with Crippen molar-refractivity contribution in [2.24, 2.45) is 0 Å². The third-order valence-corrected chi connectivity index (χ3v) is 6.25. The van der Waals surface area contributed by atoms with Gasteiger partial charge in [-0.15, -0.1) is 0 Å². The van der Waals surface area contributed by atoms with Crippen LogP contribution in [0, 0.1) is 0 Å². The molecule has 2 saturated heterocycles. The van der Waals surface area contributed by atoms with Crippen LogP contribution < -0.4 is 10.6 Å². The summed E-state index contributed by atoms with van der Waals surface area (Å²) in [6, 6.07) is 3.30. The molecule has 2 atom stereocenters. The summed E-state index contributed by atoms with van der Waals surface area (Å²) in [6.45, 7) is 1.25. The first-order chi connectivity index (χ1) is 11.9. The smallest absolute Gasteiger partial charge is 0.261 e. The Kier molecular flexibility index (Phi) is 3.98. The predicted octanol–water partition coefficient (Wildman–Crippen LogP) is 2.51. The molecule has 5 nitrogen and oxygen atoms in total. The van der Waals surface area contributed by atoms with E-state index in [0.717, 1.165) is 12.1 Å². The number of nitrogens with zero attached hydrogens (tertiary/aromatic N) is 1. The van der Waals surface area contributed by atoms with Gasteiger partial charge in [0.2, 0.25) is 11.6 Å². The van der Waals surface area contributed by atoms with Crippen molar-refractivity contribution < 1.29 is 14.0 Å². The molecule has 1 aromatic carbocycles. The van der Waals surface area contributed by atoms with Gasteiger partial charge >= 0.3 is 0 Å². The van der Waals surface area contributed by atoms with Crippen molar-refractivity contribution in [1.82, 2.24) is 10.2 Å². The van der Waals surface area contributed by atoms with Gasteiger partial charge in [-0.1, -0.05) is 23.2 Å². The number of benzene rings is 1. The van der Waals surface area contributed by atoms with Gasteiger partial charge in [0, 0.05) is 25.3 Å². The molecule has 2 amide bonds. The third-order valence-electron chi connectivity index (χ3n) is 5.53. The lowest BCUT2D eigenvalue weighted by atomic mass is 9.81. The van der Waals surface area contributed by atoms with Crippen LogP contribution in [0.3, 0.4) is 0 Å². The van der Waals surface area contributed by atoms with Crippen molar-refractivity contribution in [3.8, 4) is 0 Å². The van der Waals surface area contributed by atoms with E-state index in [2.05, 4.69) is 10.6 Å². The number of piperidine rings is 1. The van der Waals surface area contributed by atoms with Crippen LogP contribution in [-0.4, -0.2) is 48.6 Å². The van der Waals surface area contributed by atoms with Crippen molar-refractivity contribution >= 4 is 40.7 Å².